The summed E-state index contributed by atoms with van der Waals surface area (Å²) in [6.45, 7) is 3.71. The van der Waals surface area contributed by atoms with Gasteiger partial charge in [-0.1, -0.05) is 41.9 Å². The lowest BCUT2D eigenvalue weighted by Gasteiger charge is -2.09. The van der Waals surface area contributed by atoms with E-state index in [0.29, 0.717) is 15.6 Å². The molecule has 3 heteroatoms. The lowest BCUT2D eigenvalue weighted by atomic mass is 9.99. The summed E-state index contributed by atoms with van der Waals surface area (Å²) in [6.07, 6.45) is 1.67. The van der Waals surface area contributed by atoms with Gasteiger partial charge in [-0.15, -0.1) is 0 Å². The Bertz CT molecular complexity index is 576. The molecule has 17 heavy (non-hydrogen) atoms. The molecule has 2 aromatic carbocycles. The van der Waals surface area contributed by atoms with Crippen molar-refractivity contribution in [3.63, 3.8) is 0 Å². The topological polar surface area (TPSA) is 0 Å². The summed E-state index contributed by atoms with van der Waals surface area (Å²) in [7, 11) is 0. The smallest absolute Gasteiger partial charge is 0.123 e. The highest BCUT2D eigenvalue weighted by molar-refractivity contribution is 6.33. The molecule has 0 bridgehead atoms. The average Bonchev–Trinajstić information content (AvgIpc) is 2.32. The van der Waals surface area contributed by atoms with Crippen LogP contribution in [-0.2, 0) is 0 Å². The molecule has 0 fully saturated rings. The van der Waals surface area contributed by atoms with E-state index in [0.717, 1.165) is 11.1 Å². The highest BCUT2D eigenvalue weighted by Gasteiger charge is 2.08. The standard InChI is InChI=1S/C14H9Cl2F/c1-2-9-7-10(15)3-5-12(9)13-8-11(17)4-6-14(13)16/h2-8H,1H2. The molecule has 0 saturated heterocycles. The van der Waals surface area contributed by atoms with E-state index in [4.69, 9.17) is 23.2 Å². The third-order valence-electron chi connectivity index (χ3n) is 2.45. The first-order valence-electron chi connectivity index (χ1n) is 4.99. The minimum Gasteiger partial charge on any atom is -0.207 e. The molecule has 0 radical (unpaired) electrons. The van der Waals surface area contributed by atoms with E-state index in [-0.39, 0.29) is 5.82 Å². The van der Waals surface area contributed by atoms with Crippen molar-refractivity contribution in [2.45, 2.75) is 0 Å². The van der Waals surface area contributed by atoms with Crippen molar-refractivity contribution < 1.29 is 4.39 Å². The molecule has 0 spiro atoms. The van der Waals surface area contributed by atoms with Crippen LogP contribution in [0.1, 0.15) is 5.56 Å². The van der Waals surface area contributed by atoms with Crippen LogP contribution >= 0.6 is 23.2 Å². The van der Waals surface area contributed by atoms with Crippen molar-refractivity contribution in [1.82, 2.24) is 0 Å². The van der Waals surface area contributed by atoms with Crippen molar-refractivity contribution in [2.75, 3.05) is 0 Å². The van der Waals surface area contributed by atoms with Gasteiger partial charge in [0.05, 0.1) is 0 Å². The molecule has 0 aliphatic rings. The summed E-state index contributed by atoms with van der Waals surface area (Å²) in [5.74, 6) is -0.325. The fourth-order valence-electron chi connectivity index (χ4n) is 1.65. The largest absolute Gasteiger partial charge is 0.207 e. The van der Waals surface area contributed by atoms with Crippen LogP contribution in [0.3, 0.4) is 0 Å². The molecule has 0 N–H and O–H groups in total. The van der Waals surface area contributed by atoms with Crippen LogP contribution in [0, 0.1) is 5.82 Å². The molecule has 0 aliphatic heterocycles. The van der Waals surface area contributed by atoms with Crippen LogP contribution in [0.15, 0.2) is 43.0 Å². The summed E-state index contributed by atoms with van der Waals surface area (Å²) >= 11 is 12.0. The quantitative estimate of drug-likeness (QED) is 0.679. The van der Waals surface area contributed by atoms with Gasteiger partial charge in [-0.2, -0.15) is 0 Å². The highest BCUT2D eigenvalue weighted by atomic mass is 35.5. The van der Waals surface area contributed by atoms with Gasteiger partial charge in [0.25, 0.3) is 0 Å². The number of rotatable bonds is 2. The first-order valence-corrected chi connectivity index (χ1v) is 5.75. The van der Waals surface area contributed by atoms with Gasteiger partial charge in [0.1, 0.15) is 5.82 Å². The van der Waals surface area contributed by atoms with Crippen molar-refractivity contribution >= 4 is 29.3 Å². The van der Waals surface area contributed by atoms with Gasteiger partial charge in [0, 0.05) is 15.6 Å². The maximum atomic E-state index is 13.2. The van der Waals surface area contributed by atoms with Crippen LogP contribution < -0.4 is 0 Å². The molecule has 0 nitrogen and oxygen atoms in total. The monoisotopic (exact) mass is 266 g/mol. The van der Waals surface area contributed by atoms with Crippen LogP contribution in [-0.4, -0.2) is 0 Å². The normalized spacial score (nSPS) is 10.3. The predicted molar refractivity (Wildman–Crippen MR) is 71.9 cm³/mol. The maximum absolute atomic E-state index is 13.2. The van der Waals surface area contributed by atoms with Gasteiger partial charge in [-0.25, -0.2) is 4.39 Å². The molecule has 0 amide bonds. The summed E-state index contributed by atoms with van der Waals surface area (Å²) in [4.78, 5) is 0. The van der Waals surface area contributed by atoms with Gasteiger partial charge < -0.3 is 0 Å². The number of halogens is 3. The molecule has 0 heterocycles. The van der Waals surface area contributed by atoms with Crippen LogP contribution in [0.25, 0.3) is 17.2 Å². The first-order chi connectivity index (χ1) is 8.11. The minimum atomic E-state index is -0.325. The maximum Gasteiger partial charge on any atom is 0.123 e. The van der Waals surface area contributed by atoms with E-state index in [9.17, 15) is 4.39 Å². The van der Waals surface area contributed by atoms with Crippen LogP contribution in [0.2, 0.25) is 10.0 Å². The van der Waals surface area contributed by atoms with E-state index >= 15 is 0 Å². The second-order valence-corrected chi connectivity index (χ2v) is 4.40. The summed E-state index contributed by atoms with van der Waals surface area (Å²) in [5.41, 5.74) is 2.28. The predicted octanol–water partition coefficient (Wildman–Crippen LogP) is 5.44. The zero-order valence-corrected chi connectivity index (χ0v) is 10.4. The molecular formula is C14H9Cl2F. The fourth-order valence-corrected chi connectivity index (χ4v) is 2.05. The Morgan fingerprint density at radius 1 is 1.00 bits per heavy atom. The summed E-state index contributed by atoms with van der Waals surface area (Å²) in [6, 6.07) is 9.58. The Morgan fingerprint density at radius 2 is 1.76 bits per heavy atom. The Labute approximate surface area is 109 Å². The van der Waals surface area contributed by atoms with E-state index in [1.54, 1.807) is 24.3 Å². The van der Waals surface area contributed by atoms with Crippen molar-refractivity contribution in [3.05, 3.63) is 64.4 Å². The summed E-state index contributed by atoms with van der Waals surface area (Å²) < 4.78 is 13.2. The molecule has 2 aromatic rings. The lowest BCUT2D eigenvalue weighted by molar-refractivity contribution is 0.628. The third-order valence-corrected chi connectivity index (χ3v) is 3.02. The second-order valence-electron chi connectivity index (χ2n) is 3.56. The summed E-state index contributed by atoms with van der Waals surface area (Å²) in [5, 5.41) is 1.10. The first kappa shape index (κ1) is 12.2. The minimum absolute atomic E-state index is 0.325. The van der Waals surface area contributed by atoms with Gasteiger partial charge >= 0.3 is 0 Å². The van der Waals surface area contributed by atoms with Gasteiger partial charge in [0.15, 0.2) is 0 Å². The molecule has 0 aliphatic carbocycles. The second kappa shape index (κ2) is 4.91. The number of benzene rings is 2. The van der Waals surface area contributed by atoms with E-state index in [2.05, 4.69) is 6.58 Å². The molecule has 2 rings (SSSR count). The molecule has 0 saturated carbocycles. The Morgan fingerprint density at radius 3 is 2.47 bits per heavy atom. The zero-order valence-electron chi connectivity index (χ0n) is 8.88. The number of hydrogen-bond donors (Lipinski definition) is 0. The highest BCUT2D eigenvalue weighted by Crippen LogP contribution is 2.33. The zero-order chi connectivity index (χ0) is 12.4. The molecular weight excluding hydrogens is 258 g/mol. The van der Waals surface area contributed by atoms with Crippen molar-refractivity contribution in [1.29, 1.82) is 0 Å². The number of hydrogen-bond acceptors (Lipinski definition) is 0. The molecule has 86 valence electrons. The third kappa shape index (κ3) is 2.51. The van der Waals surface area contributed by atoms with E-state index in [1.165, 1.54) is 18.2 Å². The van der Waals surface area contributed by atoms with Gasteiger partial charge in [0.2, 0.25) is 0 Å². The Kier molecular flexibility index (Phi) is 3.51. The molecule has 0 aromatic heterocycles. The van der Waals surface area contributed by atoms with Gasteiger partial charge in [-0.05, 0) is 41.5 Å². The fraction of sp³-hybridized carbons (Fsp3) is 0. The SMILES string of the molecule is C=Cc1cc(Cl)ccc1-c1cc(F)ccc1Cl. The Balaban J connectivity index is 2.67. The van der Waals surface area contributed by atoms with Gasteiger partial charge in [-0.3, -0.25) is 0 Å². The van der Waals surface area contributed by atoms with Crippen LogP contribution in [0.5, 0.6) is 0 Å². The van der Waals surface area contributed by atoms with E-state index < -0.39 is 0 Å². The lowest BCUT2D eigenvalue weighted by Crippen LogP contribution is -1.86. The molecule has 0 atom stereocenters. The molecule has 0 unspecified atom stereocenters. The van der Waals surface area contributed by atoms with E-state index in [1.807, 2.05) is 0 Å². The average molecular weight is 267 g/mol. The van der Waals surface area contributed by atoms with Crippen molar-refractivity contribution in [3.8, 4) is 11.1 Å². The van der Waals surface area contributed by atoms with Crippen molar-refractivity contribution in [2.24, 2.45) is 0 Å². The Hall–Kier alpha value is -1.31. The van der Waals surface area contributed by atoms with Crippen LogP contribution in [0.4, 0.5) is 4.39 Å².